The van der Waals surface area contributed by atoms with Crippen molar-refractivity contribution in [2.75, 3.05) is 7.11 Å². The second kappa shape index (κ2) is 9.49. The van der Waals surface area contributed by atoms with Gasteiger partial charge in [0.15, 0.2) is 0 Å². The second-order valence-corrected chi connectivity index (χ2v) is 5.41. The maximum Gasteiger partial charge on any atom is 0.305 e. The second-order valence-electron chi connectivity index (χ2n) is 5.41. The van der Waals surface area contributed by atoms with E-state index >= 15 is 0 Å². The maximum atomic E-state index is 11.3. The Morgan fingerprint density at radius 1 is 0.882 bits per heavy atom. The molecule has 1 aliphatic carbocycles. The van der Waals surface area contributed by atoms with Gasteiger partial charge in [-0.3, -0.25) is 4.79 Å². The Morgan fingerprint density at radius 3 is 1.71 bits per heavy atom. The van der Waals surface area contributed by atoms with E-state index in [9.17, 15) is 4.79 Å². The number of hydrogen-bond donors (Lipinski definition) is 0. The molecule has 0 amide bonds. The SMILES string of the molecule is COC(=O)CC1CCCCCCCCCCC1. The van der Waals surface area contributed by atoms with Gasteiger partial charge < -0.3 is 4.74 Å². The number of carbonyl (C=O) groups is 1. The fraction of sp³-hybridized carbons (Fsp3) is 0.933. The molecule has 0 saturated heterocycles. The molecule has 0 unspecified atom stereocenters. The zero-order valence-corrected chi connectivity index (χ0v) is 11.4. The van der Waals surface area contributed by atoms with Crippen LogP contribution < -0.4 is 0 Å². The van der Waals surface area contributed by atoms with E-state index in [1.165, 1.54) is 77.7 Å². The van der Waals surface area contributed by atoms with E-state index in [4.69, 9.17) is 4.74 Å². The first-order valence-electron chi connectivity index (χ1n) is 7.39. The van der Waals surface area contributed by atoms with Crippen LogP contribution in [-0.2, 0) is 9.53 Å². The number of hydrogen-bond acceptors (Lipinski definition) is 2. The molecule has 2 nitrogen and oxygen atoms in total. The van der Waals surface area contributed by atoms with Crippen LogP contribution in [0.1, 0.15) is 77.0 Å². The lowest BCUT2D eigenvalue weighted by atomic mass is 9.90. The molecule has 0 atom stereocenters. The molecule has 1 rings (SSSR count). The molecule has 0 aliphatic heterocycles. The summed E-state index contributed by atoms with van der Waals surface area (Å²) < 4.78 is 4.79. The van der Waals surface area contributed by atoms with E-state index in [2.05, 4.69) is 0 Å². The first-order valence-corrected chi connectivity index (χ1v) is 7.39. The molecule has 0 aromatic heterocycles. The highest BCUT2D eigenvalue weighted by Crippen LogP contribution is 2.23. The van der Waals surface area contributed by atoms with Crippen LogP contribution in [0, 0.1) is 5.92 Å². The van der Waals surface area contributed by atoms with Crippen molar-refractivity contribution in [1.82, 2.24) is 0 Å². The zero-order valence-electron chi connectivity index (χ0n) is 11.4. The van der Waals surface area contributed by atoms with Crippen molar-refractivity contribution in [3.8, 4) is 0 Å². The van der Waals surface area contributed by atoms with Crippen molar-refractivity contribution >= 4 is 5.97 Å². The van der Waals surface area contributed by atoms with Crippen LogP contribution in [0.2, 0.25) is 0 Å². The molecule has 0 N–H and O–H groups in total. The van der Waals surface area contributed by atoms with Crippen molar-refractivity contribution in [2.24, 2.45) is 5.92 Å². The third-order valence-corrected chi connectivity index (χ3v) is 3.91. The molecule has 17 heavy (non-hydrogen) atoms. The molecule has 0 aromatic carbocycles. The summed E-state index contributed by atoms with van der Waals surface area (Å²) in [6, 6.07) is 0. The van der Waals surface area contributed by atoms with Gasteiger partial charge >= 0.3 is 5.97 Å². The number of esters is 1. The average molecular weight is 240 g/mol. The Hall–Kier alpha value is -0.530. The van der Waals surface area contributed by atoms with E-state index in [0.717, 1.165) is 0 Å². The molecule has 2 heteroatoms. The Balaban J connectivity index is 2.29. The summed E-state index contributed by atoms with van der Waals surface area (Å²) in [7, 11) is 1.50. The molecule has 1 fully saturated rings. The van der Waals surface area contributed by atoms with Gasteiger partial charge in [0.2, 0.25) is 0 Å². The fourth-order valence-electron chi connectivity index (χ4n) is 2.77. The van der Waals surface area contributed by atoms with Crippen LogP contribution in [0.4, 0.5) is 0 Å². The first-order chi connectivity index (χ1) is 8.33. The van der Waals surface area contributed by atoms with Crippen molar-refractivity contribution in [1.29, 1.82) is 0 Å². The summed E-state index contributed by atoms with van der Waals surface area (Å²) in [6.07, 6.45) is 15.3. The van der Waals surface area contributed by atoms with Gasteiger partial charge in [0.25, 0.3) is 0 Å². The minimum Gasteiger partial charge on any atom is -0.469 e. The molecule has 0 radical (unpaired) electrons. The highest BCUT2D eigenvalue weighted by Gasteiger charge is 2.14. The van der Waals surface area contributed by atoms with E-state index in [1.807, 2.05) is 0 Å². The van der Waals surface area contributed by atoms with Gasteiger partial charge in [0.05, 0.1) is 7.11 Å². The van der Waals surface area contributed by atoms with Crippen LogP contribution in [-0.4, -0.2) is 13.1 Å². The predicted octanol–water partition coefficient (Wildman–Crippen LogP) is 4.47. The Morgan fingerprint density at radius 2 is 1.29 bits per heavy atom. The monoisotopic (exact) mass is 240 g/mol. The molecule has 0 bridgehead atoms. The van der Waals surface area contributed by atoms with Crippen molar-refractivity contribution in [2.45, 2.75) is 77.0 Å². The van der Waals surface area contributed by atoms with Crippen molar-refractivity contribution in [3.63, 3.8) is 0 Å². The standard InChI is InChI=1S/C15H28O2/c1-17-15(16)13-14-11-9-7-5-3-2-4-6-8-10-12-14/h14H,2-13H2,1H3. The van der Waals surface area contributed by atoms with Crippen molar-refractivity contribution < 1.29 is 9.53 Å². The lowest BCUT2D eigenvalue weighted by Crippen LogP contribution is -2.10. The lowest BCUT2D eigenvalue weighted by Gasteiger charge is -2.16. The van der Waals surface area contributed by atoms with Crippen LogP contribution in [0.3, 0.4) is 0 Å². The molecule has 0 heterocycles. The summed E-state index contributed by atoms with van der Waals surface area (Å²) in [5, 5.41) is 0. The van der Waals surface area contributed by atoms with E-state index in [0.29, 0.717) is 12.3 Å². The Bertz CT molecular complexity index is 189. The zero-order chi connectivity index (χ0) is 12.3. The van der Waals surface area contributed by atoms with Crippen LogP contribution in [0.15, 0.2) is 0 Å². The van der Waals surface area contributed by atoms with Crippen LogP contribution >= 0.6 is 0 Å². The largest absolute Gasteiger partial charge is 0.469 e. The summed E-state index contributed by atoms with van der Waals surface area (Å²) in [6.45, 7) is 0. The van der Waals surface area contributed by atoms with Gasteiger partial charge in [-0.1, -0.05) is 57.8 Å². The van der Waals surface area contributed by atoms with Gasteiger partial charge in [-0.05, 0) is 18.8 Å². The maximum absolute atomic E-state index is 11.3. The van der Waals surface area contributed by atoms with Crippen LogP contribution in [0.5, 0.6) is 0 Å². The smallest absolute Gasteiger partial charge is 0.305 e. The number of rotatable bonds is 2. The summed E-state index contributed by atoms with van der Waals surface area (Å²) in [5.74, 6) is 0.545. The average Bonchev–Trinajstić information content (AvgIpc) is 2.32. The van der Waals surface area contributed by atoms with Gasteiger partial charge in [-0.2, -0.15) is 0 Å². The fourth-order valence-corrected chi connectivity index (χ4v) is 2.77. The third kappa shape index (κ3) is 7.40. The highest BCUT2D eigenvalue weighted by atomic mass is 16.5. The number of methoxy groups -OCH3 is 1. The lowest BCUT2D eigenvalue weighted by molar-refractivity contribution is -0.141. The molecule has 0 aromatic rings. The van der Waals surface area contributed by atoms with E-state index in [-0.39, 0.29) is 5.97 Å². The van der Waals surface area contributed by atoms with Crippen LogP contribution in [0.25, 0.3) is 0 Å². The van der Waals surface area contributed by atoms with Gasteiger partial charge in [-0.25, -0.2) is 0 Å². The first kappa shape index (κ1) is 14.5. The molecule has 100 valence electrons. The summed E-state index contributed by atoms with van der Waals surface area (Å²) >= 11 is 0. The molecule has 1 aliphatic rings. The summed E-state index contributed by atoms with van der Waals surface area (Å²) in [4.78, 5) is 11.3. The normalized spacial score (nSPS) is 21.2. The van der Waals surface area contributed by atoms with E-state index in [1.54, 1.807) is 0 Å². The third-order valence-electron chi connectivity index (χ3n) is 3.91. The predicted molar refractivity (Wildman–Crippen MR) is 70.9 cm³/mol. The van der Waals surface area contributed by atoms with E-state index < -0.39 is 0 Å². The molecule has 0 spiro atoms. The molecule has 1 saturated carbocycles. The molecular weight excluding hydrogens is 212 g/mol. The van der Waals surface area contributed by atoms with Gasteiger partial charge in [-0.15, -0.1) is 0 Å². The van der Waals surface area contributed by atoms with Gasteiger partial charge in [0.1, 0.15) is 0 Å². The highest BCUT2D eigenvalue weighted by molar-refractivity contribution is 5.69. The topological polar surface area (TPSA) is 26.3 Å². The Labute approximate surface area is 106 Å². The quantitative estimate of drug-likeness (QED) is 0.666. The number of carbonyl (C=O) groups excluding carboxylic acids is 1. The number of ether oxygens (including phenoxy) is 1. The van der Waals surface area contributed by atoms with Gasteiger partial charge in [0, 0.05) is 6.42 Å². The minimum atomic E-state index is -0.0258. The van der Waals surface area contributed by atoms with Crippen molar-refractivity contribution in [3.05, 3.63) is 0 Å². The molecular formula is C15H28O2. The Kier molecular flexibility index (Phi) is 8.12. The summed E-state index contributed by atoms with van der Waals surface area (Å²) in [5.41, 5.74) is 0. The minimum absolute atomic E-state index is 0.0258.